The Hall–Kier alpha value is -1.62. The molecule has 0 atom stereocenters. The molecular weight excluding hydrogens is 167 g/mol. The van der Waals surface area contributed by atoms with Crippen molar-refractivity contribution in [3.8, 4) is 6.01 Å². The zero-order chi connectivity index (χ0) is 9.10. The molecule has 1 radical (unpaired) electrons. The van der Waals surface area contributed by atoms with Crippen molar-refractivity contribution in [2.45, 2.75) is 0 Å². The molecule has 0 unspecified atom stereocenters. The summed E-state index contributed by atoms with van der Waals surface area (Å²) in [5.74, 6) is 0. The van der Waals surface area contributed by atoms with Gasteiger partial charge in [-0.15, -0.1) is 0 Å². The predicted octanol–water partition coefficient (Wildman–Crippen LogP) is 0.535. The van der Waals surface area contributed by atoms with E-state index in [2.05, 4.69) is 14.6 Å². The third-order valence-corrected chi connectivity index (χ3v) is 1.63. The Morgan fingerprint density at radius 3 is 3.00 bits per heavy atom. The second-order valence-electron chi connectivity index (χ2n) is 2.43. The maximum Gasteiger partial charge on any atom is 0.571 e. The zero-order valence-corrected chi connectivity index (χ0v) is 6.71. The van der Waals surface area contributed by atoms with Crippen LogP contribution in [0, 0.1) is 0 Å². The molecule has 0 fully saturated rings. The first-order chi connectivity index (χ1) is 6.40. The monoisotopic (exact) mass is 173 g/mol. The fourth-order valence-corrected chi connectivity index (χ4v) is 1.06. The van der Waals surface area contributed by atoms with E-state index in [1.807, 2.05) is 24.3 Å². The van der Waals surface area contributed by atoms with E-state index in [1.54, 1.807) is 6.20 Å². The number of para-hydroxylation sites is 1. The van der Waals surface area contributed by atoms with Gasteiger partial charge >= 0.3 is 7.69 Å². The number of benzene rings is 1. The van der Waals surface area contributed by atoms with Crippen LogP contribution < -0.4 is 4.65 Å². The van der Waals surface area contributed by atoms with E-state index in [4.69, 9.17) is 5.02 Å². The largest absolute Gasteiger partial charge is 0.571 e. The minimum atomic E-state index is 0.140. The molecule has 0 aliphatic carbocycles. The van der Waals surface area contributed by atoms with Crippen LogP contribution in [0.4, 0.5) is 0 Å². The maximum absolute atomic E-state index is 8.36. The van der Waals surface area contributed by atoms with E-state index in [9.17, 15) is 0 Å². The highest BCUT2D eigenvalue weighted by molar-refractivity contribution is 6.17. The molecule has 0 saturated heterocycles. The van der Waals surface area contributed by atoms with E-state index >= 15 is 0 Å². The minimum absolute atomic E-state index is 0.140. The first-order valence-corrected chi connectivity index (χ1v) is 3.74. The topological polar surface area (TPSA) is 55.2 Å². The Labute approximate surface area is 75.5 Å². The van der Waals surface area contributed by atoms with Gasteiger partial charge in [0.15, 0.2) is 0 Å². The second kappa shape index (κ2) is 3.41. The predicted molar refractivity (Wildman–Crippen MR) is 48.1 cm³/mol. The van der Waals surface area contributed by atoms with Gasteiger partial charge in [-0.1, -0.05) is 18.2 Å². The van der Waals surface area contributed by atoms with Crippen molar-refractivity contribution >= 4 is 18.6 Å². The molecule has 1 aromatic carbocycles. The van der Waals surface area contributed by atoms with Crippen LogP contribution in [0.5, 0.6) is 6.01 Å². The van der Waals surface area contributed by atoms with Gasteiger partial charge < -0.3 is 9.68 Å². The SMILES string of the molecule is O[B]Oc1ncc2ccccc2n1. The first-order valence-electron chi connectivity index (χ1n) is 3.74. The van der Waals surface area contributed by atoms with Crippen molar-refractivity contribution in [3.63, 3.8) is 0 Å². The lowest BCUT2D eigenvalue weighted by molar-refractivity contribution is 0.432. The first kappa shape index (κ1) is 8.00. The van der Waals surface area contributed by atoms with E-state index in [0.29, 0.717) is 7.69 Å². The molecule has 2 aromatic rings. The molecule has 0 spiro atoms. The second-order valence-corrected chi connectivity index (χ2v) is 2.43. The van der Waals surface area contributed by atoms with Gasteiger partial charge in [-0.05, 0) is 6.07 Å². The third kappa shape index (κ3) is 1.60. The lowest BCUT2D eigenvalue weighted by atomic mass is 10.2. The van der Waals surface area contributed by atoms with Gasteiger partial charge in [-0.3, -0.25) is 0 Å². The zero-order valence-electron chi connectivity index (χ0n) is 6.71. The molecule has 1 heterocycles. The molecule has 1 N–H and O–H groups in total. The number of nitrogens with zero attached hydrogens (tertiary/aromatic N) is 2. The van der Waals surface area contributed by atoms with Gasteiger partial charge in [0.1, 0.15) is 0 Å². The molecule has 0 bridgehead atoms. The third-order valence-electron chi connectivity index (χ3n) is 1.63. The smallest absolute Gasteiger partial charge is 0.509 e. The highest BCUT2D eigenvalue weighted by Crippen LogP contribution is 2.12. The Morgan fingerprint density at radius 2 is 2.15 bits per heavy atom. The summed E-state index contributed by atoms with van der Waals surface area (Å²) in [5, 5.41) is 9.30. The summed E-state index contributed by atoms with van der Waals surface area (Å²) in [6, 6.07) is 7.68. The van der Waals surface area contributed by atoms with Crippen molar-refractivity contribution in [1.82, 2.24) is 9.97 Å². The fourth-order valence-electron chi connectivity index (χ4n) is 1.06. The molecule has 13 heavy (non-hydrogen) atoms. The van der Waals surface area contributed by atoms with Gasteiger partial charge in [0.05, 0.1) is 5.52 Å². The molecule has 1 aromatic heterocycles. The van der Waals surface area contributed by atoms with Gasteiger partial charge in [0.2, 0.25) is 0 Å². The van der Waals surface area contributed by atoms with Gasteiger partial charge in [-0.2, -0.15) is 4.98 Å². The summed E-state index contributed by atoms with van der Waals surface area (Å²) in [5.41, 5.74) is 0.786. The molecule has 0 saturated carbocycles. The molecular formula is C8H6BN2O2. The van der Waals surface area contributed by atoms with Gasteiger partial charge in [0.25, 0.3) is 6.01 Å². The fraction of sp³-hybridized carbons (Fsp3) is 0. The van der Waals surface area contributed by atoms with E-state index in [1.165, 1.54) is 0 Å². The summed E-state index contributed by atoms with van der Waals surface area (Å²) in [7, 11) is 0.560. The van der Waals surface area contributed by atoms with Crippen LogP contribution in [-0.4, -0.2) is 22.7 Å². The molecule has 63 valence electrons. The minimum Gasteiger partial charge on any atom is -0.509 e. The van der Waals surface area contributed by atoms with Crippen LogP contribution in [0.1, 0.15) is 0 Å². The highest BCUT2D eigenvalue weighted by Gasteiger charge is 1.99. The number of rotatable bonds is 2. The van der Waals surface area contributed by atoms with Crippen molar-refractivity contribution in [1.29, 1.82) is 0 Å². The van der Waals surface area contributed by atoms with Crippen LogP contribution in [0.15, 0.2) is 30.5 Å². The van der Waals surface area contributed by atoms with E-state index < -0.39 is 0 Å². The number of aromatic nitrogens is 2. The number of hydrogen-bond donors (Lipinski definition) is 1. The summed E-state index contributed by atoms with van der Waals surface area (Å²) in [6.45, 7) is 0. The Balaban J connectivity index is 2.49. The number of fused-ring (bicyclic) bond motifs is 1. The van der Waals surface area contributed by atoms with Crippen LogP contribution in [0.3, 0.4) is 0 Å². The van der Waals surface area contributed by atoms with Crippen molar-refractivity contribution in [3.05, 3.63) is 30.5 Å². The van der Waals surface area contributed by atoms with Crippen LogP contribution in [0.25, 0.3) is 10.9 Å². The lowest BCUT2D eigenvalue weighted by Gasteiger charge is -1.99. The standard InChI is InChI=1S/C8H6BN2O2/c12-9-13-8-10-5-6-3-1-2-4-7(6)11-8/h1-5,12H. The summed E-state index contributed by atoms with van der Waals surface area (Å²) >= 11 is 0. The lowest BCUT2D eigenvalue weighted by Crippen LogP contribution is -2.03. The van der Waals surface area contributed by atoms with Gasteiger partial charge in [0, 0.05) is 11.6 Å². The molecule has 0 aliphatic rings. The summed E-state index contributed by atoms with van der Waals surface area (Å²) in [6.07, 6.45) is 1.64. The van der Waals surface area contributed by atoms with Gasteiger partial charge in [-0.25, -0.2) is 4.98 Å². The maximum atomic E-state index is 8.36. The van der Waals surface area contributed by atoms with Crippen LogP contribution >= 0.6 is 0 Å². The Bertz CT molecular complexity index is 422. The molecule has 2 rings (SSSR count). The molecule has 0 amide bonds. The Morgan fingerprint density at radius 1 is 1.31 bits per heavy atom. The average Bonchev–Trinajstić information content (AvgIpc) is 2.18. The van der Waals surface area contributed by atoms with Crippen LogP contribution in [-0.2, 0) is 0 Å². The molecule has 5 heteroatoms. The summed E-state index contributed by atoms with van der Waals surface area (Å²) < 4.78 is 4.62. The highest BCUT2D eigenvalue weighted by atomic mass is 16.5. The number of hydrogen-bond acceptors (Lipinski definition) is 4. The Kier molecular flexibility index (Phi) is 2.10. The van der Waals surface area contributed by atoms with E-state index in [0.717, 1.165) is 10.9 Å². The average molecular weight is 173 g/mol. The van der Waals surface area contributed by atoms with Crippen molar-refractivity contribution in [2.24, 2.45) is 0 Å². The van der Waals surface area contributed by atoms with E-state index in [-0.39, 0.29) is 6.01 Å². The summed E-state index contributed by atoms with van der Waals surface area (Å²) in [4.78, 5) is 7.91. The normalized spacial score (nSPS) is 9.92. The van der Waals surface area contributed by atoms with Crippen molar-refractivity contribution < 1.29 is 9.68 Å². The quantitative estimate of drug-likeness (QED) is 0.673. The van der Waals surface area contributed by atoms with Crippen LogP contribution in [0.2, 0.25) is 0 Å². The molecule has 0 aliphatic heterocycles. The van der Waals surface area contributed by atoms with Crippen molar-refractivity contribution in [2.75, 3.05) is 0 Å². The molecule has 4 nitrogen and oxygen atoms in total.